The van der Waals surface area contributed by atoms with Gasteiger partial charge in [0.1, 0.15) is 15.6 Å². The largest absolute Gasteiger partial charge is 0.497 e. The number of aliphatic imine (C=N–C) groups is 1. The molecule has 0 radical (unpaired) electrons. The van der Waals surface area contributed by atoms with Crippen LogP contribution in [0.5, 0.6) is 5.75 Å². The van der Waals surface area contributed by atoms with Crippen molar-refractivity contribution in [2.24, 2.45) is 4.99 Å². The average Bonchev–Trinajstić information content (AvgIpc) is 2.49. The summed E-state index contributed by atoms with van der Waals surface area (Å²) in [6, 6.07) is 6.03. The van der Waals surface area contributed by atoms with E-state index in [2.05, 4.69) is 21.7 Å². The minimum atomic E-state index is -2.95. The van der Waals surface area contributed by atoms with E-state index >= 15 is 0 Å². The molecule has 0 aliphatic rings. The Labute approximate surface area is 168 Å². The van der Waals surface area contributed by atoms with Crippen LogP contribution in [0.1, 0.15) is 31.4 Å². The maximum absolute atomic E-state index is 11.3. The lowest BCUT2D eigenvalue weighted by Gasteiger charge is -2.17. The summed E-state index contributed by atoms with van der Waals surface area (Å²) in [7, 11) is -1.30. The van der Waals surface area contributed by atoms with Gasteiger partial charge in [0.2, 0.25) is 0 Å². The lowest BCUT2D eigenvalue weighted by atomic mass is 10.1. The number of rotatable bonds is 8. The molecule has 0 amide bonds. The molecule has 6 nitrogen and oxygen atoms in total. The van der Waals surface area contributed by atoms with Crippen LogP contribution in [0.15, 0.2) is 23.2 Å². The van der Waals surface area contributed by atoms with Crippen molar-refractivity contribution in [1.29, 1.82) is 0 Å². The molecule has 0 aliphatic carbocycles. The predicted molar refractivity (Wildman–Crippen MR) is 115 cm³/mol. The number of nitrogens with one attached hydrogen (secondary N) is 2. The lowest BCUT2D eigenvalue weighted by Crippen LogP contribution is -2.42. The fraction of sp³-hybridized carbons (Fsp3) is 0.588. The number of aryl methyl sites for hydroxylation is 1. The van der Waals surface area contributed by atoms with Crippen LogP contribution in [0, 0.1) is 6.92 Å². The molecule has 0 bridgehead atoms. The van der Waals surface area contributed by atoms with Crippen molar-refractivity contribution < 1.29 is 13.2 Å². The summed E-state index contributed by atoms with van der Waals surface area (Å²) in [5, 5.41) is 6.43. The van der Waals surface area contributed by atoms with Crippen LogP contribution < -0.4 is 15.4 Å². The predicted octanol–water partition coefficient (Wildman–Crippen LogP) is 2.50. The maximum Gasteiger partial charge on any atom is 0.191 e. The van der Waals surface area contributed by atoms with Gasteiger partial charge >= 0.3 is 0 Å². The van der Waals surface area contributed by atoms with Crippen LogP contribution in [0.4, 0.5) is 0 Å². The van der Waals surface area contributed by atoms with Gasteiger partial charge in [-0.25, -0.2) is 13.4 Å². The van der Waals surface area contributed by atoms with Gasteiger partial charge < -0.3 is 15.4 Å². The fourth-order valence-electron chi connectivity index (χ4n) is 2.22. The molecule has 0 aromatic heterocycles. The van der Waals surface area contributed by atoms with E-state index in [1.807, 2.05) is 32.9 Å². The SMILES string of the molecule is CCNC(=NCc1cc(C)cc(OC)c1)NC(C)CCS(C)(=O)=O.I. The average molecular weight is 483 g/mol. The Morgan fingerprint density at radius 3 is 2.56 bits per heavy atom. The first-order valence-corrected chi connectivity index (χ1v) is 10.2. The van der Waals surface area contributed by atoms with Gasteiger partial charge in [-0.1, -0.05) is 6.07 Å². The van der Waals surface area contributed by atoms with Crippen molar-refractivity contribution in [2.75, 3.05) is 25.7 Å². The molecule has 0 saturated heterocycles. The smallest absolute Gasteiger partial charge is 0.191 e. The van der Waals surface area contributed by atoms with Crippen LogP contribution in [-0.2, 0) is 16.4 Å². The van der Waals surface area contributed by atoms with Crippen molar-refractivity contribution >= 4 is 39.8 Å². The molecule has 2 N–H and O–H groups in total. The van der Waals surface area contributed by atoms with E-state index in [1.165, 1.54) is 6.26 Å². The first-order valence-electron chi connectivity index (χ1n) is 8.10. The number of nitrogens with zero attached hydrogens (tertiary/aromatic N) is 1. The first-order chi connectivity index (χ1) is 11.2. The van der Waals surface area contributed by atoms with Crippen LogP contribution >= 0.6 is 24.0 Å². The highest BCUT2D eigenvalue weighted by atomic mass is 127. The van der Waals surface area contributed by atoms with E-state index in [0.717, 1.165) is 23.4 Å². The van der Waals surface area contributed by atoms with Crippen LogP contribution in [0.25, 0.3) is 0 Å². The molecule has 8 heteroatoms. The monoisotopic (exact) mass is 483 g/mol. The van der Waals surface area contributed by atoms with Crippen LogP contribution in [0.3, 0.4) is 0 Å². The highest BCUT2D eigenvalue weighted by molar-refractivity contribution is 14.0. The highest BCUT2D eigenvalue weighted by Crippen LogP contribution is 2.17. The van der Waals surface area contributed by atoms with Crippen molar-refractivity contribution in [2.45, 2.75) is 39.8 Å². The molecule has 0 fully saturated rings. The Kier molecular flexibility index (Phi) is 11.1. The number of guanidine groups is 1. The summed E-state index contributed by atoms with van der Waals surface area (Å²) >= 11 is 0. The molecule has 1 atom stereocenters. The van der Waals surface area contributed by atoms with Gasteiger partial charge in [0, 0.05) is 18.8 Å². The van der Waals surface area contributed by atoms with Gasteiger partial charge in [0.05, 0.1) is 19.4 Å². The van der Waals surface area contributed by atoms with Crippen molar-refractivity contribution in [3.63, 3.8) is 0 Å². The first kappa shape index (κ1) is 24.0. The minimum absolute atomic E-state index is 0. The number of halogens is 1. The molecule has 0 heterocycles. The van der Waals surface area contributed by atoms with Crippen LogP contribution in [0.2, 0.25) is 0 Å². The fourth-order valence-corrected chi connectivity index (χ4v) is 3.00. The molecule has 0 saturated carbocycles. The summed E-state index contributed by atoms with van der Waals surface area (Å²) in [6.07, 6.45) is 1.80. The third-order valence-electron chi connectivity index (χ3n) is 3.42. The summed E-state index contributed by atoms with van der Waals surface area (Å²) in [5.41, 5.74) is 2.19. The quantitative estimate of drug-likeness (QED) is 0.338. The second-order valence-electron chi connectivity index (χ2n) is 6.02. The van der Waals surface area contributed by atoms with Gasteiger partial charge in [0.25, 0.3) is 0 Å². The number of hydrogen-bond acceptors (Lipinski definition) is 4. The highest BCUT2D eigenvalue weighted by Gasteiger charge is 2.09. The number of ether oxygens (including phenoxy) is 1. The summed E-state index contributed by atoms with van der Waals surface area (Å²) in [6.45, 7) is 7.22. The van der Waals surface area contributed by atoms with E-state index in [9.17, 15) is 8.42 Å². The topological polar surface area (TPSA) is 79.8 Å². The number of hydrogen-bond donors (Lipinski definition) is 2. The third-order valence-corrected chi connectivity index (χ3v) is 4.39. The number of sulfone groups is 1. The van der Waals surface area contributed by atoms with Gasteiger partial charge in [-0.15, -0.1) is 24.0 Å². The van der Waals surface area contributed by atoms with Gasteiger partial charge in [0.15, 0.2) is 5.96 Å². The van der Waals surface area contributed by atoms with E-state index in [-0.39, 0.29) is 35.8 Å². The van der Waals surface area contributed by atoms with Crippen molar-refractivity contribution in [3.05, 3.63) is 29.3 Å². The molecule has 1 rings (SSSR count). The molecular weight excluding hydrogens is 453 g/mol. The van der Waals surface area contributed by atoms with Gasteiger partial charge in [-0.3, -0.25) is 0 Å². The zero-order chi connectivity index (χ0) is 18.2. The normalized spacial score (nSPS) is 12.9. The van der Waals surface area contributed by atoms with Crippen LogP contribution in [-0.4, -0.2) is 46.1 Å². The van der Waals surface area contributed by atoms with Crippen molar-refractivity contribution in [1.82, 2.24) is 10.6 Å². The van der Waals surface area contributed by atoms with E-state index < -0.39 is 9.84 Å². The van der Waals surface area contributed by atoms with Gasteiger partial charge in [-0.2, -0.15) is 0 Å². The second kappa shape index (κ2) is 11.6. The minimum Gasteiger partial charge on any atom is -0.497 e. The number of methoxy groups -OCH3 is 1. The van der Waals surface area contributed by atoms with E-state index in [4.69, 9.17) is 4.74 Å². The standard InChI is InChI=1S/C17H29N3O3S.HI/c1-6-18-17(20-14(3)7-8-24(5,21)22)19-12-15-9-13(2)10-16(11-15)23-4;/h9-11,14H,6-8,12H2,1-5H3,(H2,18,19,20);1H. The molecule has 1 aromatic carbocycles. The Hall–Kier alpha value is -1.03. The molecule has 0 aliphatic heterocycles. The van der Waals surface area contributed by atoms with Crippen molar-refractivity contribution in [3.8, 4) is 5.75 Å². The Morgan fingerprint density at radius 1 is 1.32 bits per heavy atom. The molecule has 144 valence electrons. The maximum atomic E-state index is 11.3. The summed E-state index contributed by atoms with van der Waals surface area (Å²) in [5.74, 6) is 1.66. The van der Waals surface area contributed by atoms with E-state index in [1.54, 1.807) is 7.11 Å². The lowest BCUT2D eigenvalue weighted by molar-refractivity contribution is 0.414. The number of benzene rings is 1. The Balaban J connectivity index is 0.00000576. The molecule has 25 heavy (non-hydrogen) atoms. The molecule has 0 spiro atoms. The summed E-state index contributed by atoms with van der Waals surface area (Å²) < 4.78 is 27.8. The zero-order valence-corrected chi connectivity index (χ0v) is 18.8. The third kappa shape index (κ3) is 10.5. The Bertz CT molecular complexity index is 663. The molecular formula is C17H30IN3O3S. The molecule has 1 unspecified atom stereocenters. The second-order valence-corrected chi connectivity index (χ2v) is 8.28. The Morgan fingerprint density at radius 2 is 2.00 bits per heavy atom. The molecule has 1 aromatic rings. The summed E-state index contributed by atoms with van der Waals surface area (Å²) in [4.78, 5) is 4.57. The zero-order valence-electron chi connectivity index (χ0n) is 15.6. The van der Waals surface area contributed by atoms with E-state index in [0.29, 0.717) is 18.9 Å². The van der Waals surface area contributed by atoms with Gasteiger partial charge in [-0.05, 0) is 50.5 Å².